The normalized spacial score (nSPS) is 12.2. The van der Waals surface area contributed by atoms with Gasteiger partial charge in [0, 0.05) is 10.8 Å². The minimum atomic E-state index is -4.91. The molecule has 0 N–H and O–H groups in total. The first-order chi connectivity index (χ1) is 9.80. The van der Waals surface area contributed by atoms with Gasteiger partial charge in [-0.05, 0) is 43.2 Å². The molecule has 0 aliphatic heterocycles. The summed E-state index contributed by atoms with van der Waals surface area (Å²) in [5.41, 5.74) is 2.40. The molecule has 0 saturated heterocycles. The van der Waals surface area contributed by atoms with Crippen molar-refractivity contribution in [1.29, 1.82) is 0 Å². The zero-order valence-corrected chi connectivity index (χ0v) is 11.5. The summed E-state index contributed by atoms with van der Waals surface area (Å²) in [5.74, 6) is -1.86. The van der Waals surface area contributed by atoms with Gasteiger partial charge in [-0.3, -0.25) is 9.36 Å². The number of hydrogen-bond donors (Lipinski definition) is 0. The zero-order valence-electron chi connectivity index (χ0n) is 11.5. The van der Waals surface area contributed by atoms with Crippen LogP contribution in [-0.4, -0.2) is 16.7 Å². The SMILES string of the molecule is Cc1cc2c3ccccc3n(C(=O)C(F)(F)F)c2cc1C. The molecule has 0 spiro atoms. The molecule has 0 saturated carbocycles. The Morgan fingerprint density at radius 2 is 1.57 bits per heavy atom. The van der Waals surface area contributed by atoms with Gasteiger partial charge in [0.1, 0.15) is 0 Å². The minimum absolute atomic E-state index is 0.278. The Bertz CT molecular complexity index is 874. The van der Waals surface area contributed by atoms with Crippen molar-refractivity contribution >= 4 is 27.7 Å². The third-order valence-corrected chi connectivity index (χ3v) is 3.73. The number of aryl methyl sites for hydroxylation is 2. The second kappa shape index (κ2) is 4.35. The molecule has 0 bridgehead atoms. The fourth-order valence-corrected chi connectivity index (χ4v) is 2.57. The van der Waals surface area contributed by atoms with E-state index in [1.165, 1.54) is 6.07 Å². The van der Waals surface area contributed by atoms with Crippen LogP contribution in [0.25, 0.3) is 21.8 Å². The second-order valence-corrected chi connectivity index (χ2v) is 5.11. The highest BCUT2D eigenvalue weighted by Gasteiger charge is 2.41. The summed E-state index contributed by atoms with van der Waals surface area (Å²) in [6, 6.07) is 10.1. The predicted molar refractivity (Wildman–Crippen MR) is 75.6 cm³/mol. The minimum Gasteiger partial charge on any atom is -0.272 e. The molecule has 2 aromatic carbocycles. The third kappa shape index (κ3) is 2.00. The van der Waals surface area contributed by atoms with E-state index in [0.717, 1.165) is 15.7 Å². The van der Waals surface area contributed by atoms with Gasteiger partial charge in [-0.25, -0.2) is 0 Å². The maximum atomic E-state index is 12.9. The molecule has 5 heteroatoms. The zero-order chi connectivity index (χ0) is 15.4. The average Bonchev–Trinajstić information content (AvgIpc) is 2.71. The monoisotopic (exact) mass is 291 g/mol. The van der Waals surface area contributed by atoms with Crippen molar-refractivity contribution < 1.29 is 18.0 Å². The topological polar surface area (TPSA) is 22.0 Å². The van der Waals surface area contributed by atoms with E-state index >= 15 is 0 Å². The van der Waals surface area contributed by atoms with Crippen LogP contribution in [0.4, 0.5) is 13.2 Å². The average molecular weight is 291 g/mol. The maximum absolute atomic E-state index is 12.9. The molecule has 1 aromatic heterocycles. The molecule has 0 atom stereocenters. The third-order valence-electron chi connectivity index (χ3n) is 3.73. The number of hydrogen-bond acceptors (Lipinski definition) is 1. The lowest BCUT2D eigenvalue weighted by atomic mass is 10.1. The largest absolute Gasteiger partial charge is 0.472 e. The molecule has 21 heavy (non-hydrogen) atoms. The number of halogens is 3. The van der Waals surface area contributed by atoms with Crippen LogP contribution < -0.4 is 0 Å². The Hall–Kier alpha value is -2.30. The smallest absolute Gasteiger partial charge is 0.272 e. The summed E-state index contributed by atoms with van der Waals surface area (Å²) in [4.78, 5) is 11.8. The molecule has 2 nitrogen and oxygen atoms in total. The molecule has 0 aliphatic rings. The standard InChI is InChI=1S/C16H12F3NO/c1-9-7-12-11-5-3-4-6-13(11)20(14(12)8-10(9)2)15(21)16(17,18)19/h3-8H,1-2H3. The van der Waals surface area contributed by atoms with Crippen LogP contribution in [0.2, 0.25) is 0 Å². The fraction of sp³-hybridized carbons (Fsp3) is 0.188. The Morgan fingerprint density at radius 3 is 2.24 bits per heavy atom. The number of alkyl halides is 3. The van der Waals surface area contributed by atoms with Crippen LogP contribution in [0.3, 0.4) is 0 Å². The van der Waals surface area contributed by atoms with Crippen molar-refractivity contribution in [3.05, 3.63) is 47.5 Å². The van der Waals surface area contributed by atoms with E-state index in [2.05, 4.69) is 0 Å². The molecule has 0 fully saturated rings. The van der Waals surface area contributed by atoms with Gasteiger partial charge in [-0.15, -0.1) is 0 Å². The first-order valence-electron chi connectivity index (χ1n) is 6.42. The van der Waals surface area contributed by atoms with Gasteiger partial charge in [-0.1, -0.05) is 18.2 Å². The molecule has 0 radical (unpaired) electrons. The lowest BCUT2D eigenvalue weighted by Crippen LogP contribution is -2.28. The van der Waals surface area contributed by atoms with E-state index in [4.69, 9.17) is 0 Å². The highest BCUT2D eigenvalue weighted by atomic mass is 19.4. The summed E-state index contributed by atoms with van der Waals surface area (Å²) in [6.07, 6.45) is -4.91. The van der Waals surface area contributed by atoms with Gasteiger partial charge in [0.2, 0.25) is 0 Å². The Balaban J connectivity index is 2.51. The first kappa shape index (κ1) is 13.7. The lowest BCUT2D eigenvalue weighted by Gasteiger charge is -2.09. The number of carbonyl (C=O) groups excluding carboxylic acids is 1. The van der Waals surface area contributed by atoms with Crippen molar-refractivity contribution in [2.45, 2.75) is 20.0 Å². The predicted octanol–water partition coefficient (Wildman–Crippen LogP) is 4.61. The summed E-state index contributed by atoms with van der Waals surface area (Å²) in [6.45, 7) is 3.71. The van der Waals surface area contributed by atoms with E-state index in [1.807, 2.05) is 19.9 Å². The van der Waals surface area contributed by atoms with Crippen LogP contribution in [0, 0.1) is 13.8 Å². The molecule has 3 aromatic rings. The molecule has 0 amide bonds. The maximum Gasteiger partial charge on any atom is 0.472 e. The number of benzene rings is 2. The van der Waals surface area contributed by atoms with Crippen molar-refractivity contribution in [2.24, 2.45) is 0 Å². The summed E-state index contributed by atoms with van der Waals surface area (Å²) < 4.78 is 39.4. The Kier molecular flexibility index (Phi) is 2.83. The summed E-state index contributed by atoms with van der Waals surface area (Å²) in [7, 11) is 0. The number of fused-ring (bicyclic) bond motifs is 3. The van der Waals surface area contributed by atoms with Crippen LogP contribution >= 0.6 is 0 Å². The van der Waals surface area contributed by atoms with Crippen LogP contribution in [0.15, 0.2) is 36.4 Å². The van der Waals surface area contributed by atoms with Gasteiger partial charge in [-0.2, -0.15) is 13.2 Å². The number of aromatic nitrogens is 1. The van der Waals surface area contributed by atoms with E-state index in [9.17, 15) is 18.0 Å². The fourth-order valence-electron chi connectivity index (χ4n) is 2.57. The molecule has 0 unspecified atom stereocenters. The molecule has 3 rings (SSSR count). The van der Waals surface area contributed by atoms with Gasteiger partial charge in [0.15, 0.2) is 0 Å². The van der Waals surface area contributed by atoms with E-state index < -0.39 is 12.1 Å². The highest BCUT2D eigenvalue weighted by Crippen LogP contribution is 2.33. The quantitative estimate of drug-likeness (QED) is 0.592. The van der Waals surface area contributed by atoms with Gasteiger partial charge in [0.25, 0.3) is 0 Å². The molecular weight excluding hydrogens is 279 g/mol. The lowest BCUT2D eigenvalue weighted by molar-refractivity contribution is -0.0939. The molecular formula is C16H12F3NO. The highest BCUT2D eigenvalue weighted by molar-refractivity contribution is 6.14. The Labute approximate surface area is 118 Å². The van der Waals surface area contributed by atoms with Crippen molar-refractivity contribution in [3.63, 3.8) is 0 Å². The second-order valence-electron chi connectivity index (χ2n) is 5.11. The van der Waals surface area contributed by atoms with Gasteiger partial charge >= 0.3 is 12.1 Å². The summed E-state index contributed by atoms with van der Waals surface area (Å²) in [5, 5.41) is 1.31. The van der Waals surface area contributed by atoms with Crippen molar-refractivity contribution in [3.8, 4) is 0 Å². The van der Waals surface area contributed by atoms with Crippen molar-refractivity contribution in [1.82, 2.24) is 4.57 Å². The first-order valence-corrected chi connectivity index (χ1v) is 6.42. The molecule has 0 aliphatic carbocycles. The van der Waals surface area contributed by atoms with Crippen LogP contribution in [0.1, 0.15) is 15.9 Å². The van der Waals surface area contributed by atoms with E-state index in [-0.39, 0.29) is 5.52 Å². The number of carbonyl (C=O) groups is 1. The van der Waals surface area contributed by atoms with E-state index in [1.54, 1.807) is 24.3 Å². The molecule has 1 heterocycles. The van der Waals surface area contributed by atoms with E-state index in [0.29, 0.717) is 16.3 Å². The summed E-state index contributed by atoms with van der Waals surface area (Å²) >= 11 is 0. The number of rotatable bonds is 0. The van der Waals surface area contributed by atoms with Crippen LogP contribution in [0.5, 0.6) is 0 Å². The van der Waals surface area contributed by atoms with Gasteiger partial charge in [0.05, 0.1) is 11.0 Å². The van der Waals surface area contributed by atoms with Gasteiger partial charge < -0.3 is 0 Å². The Morgan fingerprint density at radius 1 is 0.952 bits per heavy atom. The number of para-hydroxylation sites is 1. The van der Waals surface area contributed by atoms with Crippen molar-refractivity contribution in [2.75, 3.05) is 0 Å². The van der Waals surface area contributed by atoms with Crippen LogP contribution in [-0.2, 0) is 0 Å². The number of nitrogens with zero attached hydrogens (tertiary/aromatic N) is 1. The molecule has 108 valence electrons.